The van der Waals surface area contributed by atoms with Crippen LogP contribution >= 0.6 is 24.0 Å². The monoisotopic (exact) mass is 443 g/mol. The van der Waals surface area contributed by atoms with Crippen molar-refractivity contribution >= 4 is 45.3 Å². The standard InChI is InChI=1S/C20H25N7OS2/c28-16(11-27-8-6-26(7-9-27)10-15-4-2-1-3-5-15)12-30-20(29)25-19-17-18(22-13-21-17)23-14-24-19/h1-5,13-14,16,28H,6-12H2,(H2,21,22,23,24,25,29). The number of aromatic amines is 1. The highest BCUT2D eigenvalue weighted by Crippen LogP contribution is 2.18. The topological polar surface area (TPSA) is 93.2 Å². The van der Waals surface area contributed by atoms with Gasteiger partial charge in [0.05, 0.1) is 12.4 Å². The number of fused-ring (bicyclic) bond motifs is 1. The minimum atomic E-state index is -0.437. The van der Waals surface area contributed by atoms with Gasteiger partial charge in [-0.2, -0.15) is 0 Å². The van der Waals surface area contributed by atoms with Crippen LogP contribution in [0.1, 0.15) is 5.56 Å². The van der Waals surface area contributed by atoms with Crippen LogP contribution < -0.4 is 5.32 Å². The van der Waals surface area contributed by atoms with E-state index < -0.39 is 6.10 Å². The Balaban J connectivity index is 1.17. The van der Waals surface area contributed by atoms with Gasteiger partial charge in [-0.15, -0.1) is 0 Å². The third kappa shape index (κ3) is 5.73. The van der Waals surface area contributed by atoms with E-state index in [1.165, 1.54) is 23.7 Å². The van der Waals surface area contributed by atoms with Crippen molar-refractivity contribution < 1.29 is 5.11 Å². The average molecular weight is 444 g/mol. The summed E-state index contributed by atoms with van der Waals surface area (Å²) in [6.07, 6.45) is 2.59. The van der Waals surface area contributed by atoms with Gasteiger partial charge in [0.1, 0.15) is 16.2 Å². The molecule has 1 unspecified atom stereocenters. The van der Waals surface area contributed by atoms with Crippen LogP contribution in [0.2, 0.25) is 0 Å². The summed E-state index contributed by atoms with van der Waals surface area (Å²) in [5, 5.41) is 13.6. The number of nitrogens with zero attached hydrogens (tertiary/aromatic N) is 5. The lowest BCUT2D eigenvalue weighted by molar-refractivity contribution is 0.0799. The Labute approximate surface area is 185 Å². The fourth-order valence-electron chi connectivity index (χ4n) is 3.49. The number of thioether (sulfide) groups is 1. The molecule has 2 aromatic heterocycles. The number of nitrogens with one attached hydrogen (secondary N) is 2. The van der Waals surface area contributed by atoms with Gasteiger partial charge in [-0.1, -0.05) is 54.3 Å². The third-order valence-electron chi connectivity index (χ3n) is 5.03. The molecular weight excluding hydrogens is 418 g/mol. The molecule has 10 heteroatoms. The smallest absolute Gasteiger partial charge is 0.182 e. The molecule has 0 spiro atoms. The molecule has 0 bridgehead atoms. The molecule has 3 N–H and O–H groups in total. The zero-order valence-corrected chi connectivity index (χ0v) is 18.2. The molecule has 8 nitrogen and oxygen atoms in total. The van der Waals surface area contributed by atoms with Crippen molar-refractivity contribution in [1.82, 2.24) is 29.7 Å². The van der Waals surface area contributed by atoms with E-state index in [0.717, 1.165) is 38.2 Å². The number of thiocarbonyl (C=S) groups is 1. The SMILES string of the molecule is OC(CSC(=S)Nc1ncnc2nc[nH]c12)CN1CCN(Cc2ccccc2)CC1. The largest absolute Gasteiger partial charge is 0.391 e. The maximum absolute atomic E-state index is 10.5. The second kappa shape index (κ2) is 10.3. The Kier molecular flexibility index (Phi) is 7.24. The Morgan fingerprint density at radius 2 is 1.90 bits per heavy atom. The number of H-pyrrole nitrogens is 1. The molecule has 0 radical (unpaired) electrons. The molecule has 1 aliphatic heterocycles. The molecule has 1 atom stereocenters. The Morgan fingerprint density at radius 3 is 2.70 bits per heavy atom. The number of hydrogen-bond acceptors (Lipinski definition) is 8. The van der Waals surface area contributed by atoms with Gasteiger partial charge in [0, 0.05) is 45.0 Å². The second-order valence-corrected chi connectivity index (χ2v) is 8.96. The number of anilines is 1. The average Bonchev–Trinajstić information content (AvgIpc) is 3.25. The molecule has 0 amide bonds. The van der Waals surface area contributed by atoms with Crippen molar-refractivity contribution in [2.75, 3.05) is 43.8 Å². The molecule has 4 rings (SSSR count). The van der Waals surface area contributed by atoms with Gasteiger partial charge >= 0.3 is 0 Å². The molecule has 1 saturated heterocycles. The minimum Gasteiger partial charge on any atom is -0.391 e. The number of benzene rings is 1. The first kappa shape index (κ1) is 21.1. The molecule has 158 valence electrons. The summed E-state index contributed by atoms with van der Waals surface area (Å²) < 4.78 is 0.566. The zero-order chi connectivity index (χ0) is 20.8. The summed E-state index contributed by atoms with van der Waals surface area (Å²) >= 11 is 6.82. The maximum atomic E-state index is 10.5. The lowest BCUT2D eigenvalue weighted by Crippen LogP contribution is -2.48. The number of hydrogen-bond donors (Lipinski definition) is 3. The quantitative estimate of drug-likeness (QED) is 0.474. The number of aliphatic hydroxyl groups is 1. The van der Waals surface area contributed by atoms with Gasteiger partial charge in [0.25, 0.3) is 0 Å². The lowest BCUT2D eigenvalue weighted by atomic mass is 10.2. The highest BCUT2D eigenvalue weighted by atomic mass is 32.2. The number of imidazole rings is 1. The lowest BCUT2D eigenvalue weighted by Gasteiger charge is -2.35. The Hall–Kier alpha value is -2.11. The molecule has 0 saturated carbocycles. The van der Waals surface area contributed by atoms with Crippen molar-refractivity contribution in [1.29, 1.82) is 0 Å². The van der Waals surface area contributed by atoms with E-state index in [0.29, 0.717) is 28.1 Å². The minimum absolute atomic E-state index is 0.437. The molecule has 1 aromatic carbocycles. The van der Waals surface area contributed by atoms with E-state index >= 15 is 0 Å². The summed E-state index contributed by atoms with van der Waals surface area (Å²) in [4.78, 5) is 20.2. The third-order valence-corrected chi connectivity index (χ3v) is 6.40. The van der Waals surface area contributed by atoms with Crippen LogP contribution in [0, 0.1) is 0 Å². The van der Waals surface area contributed by atoms with Gasteiger partial charge in [-0.05, 0) is 5.56 Å². The first-order chi connectivity index (χ1) is 14.7. The molecule has 3 heterocycles. The number of rotatable bonds is 7. The fourth-order valence-corrected chi connectivity index (χ4v) is 4.41. The number of piperazine rings is 1. The van der Waals surface area contributed by atoms with Crippen molar-refractivity contribution in [2.45, 2.75) is 12.6 Å². The summed E-state index contributed by atoms with van der Waals surface area (Å²) in [7, 11) is 0. The van der Waals surface area contributed by atoms with E-state index in [4.69, 9.17) is 12.2 Å². The summed E-state index contributed by atoms with van der Waals surface area (Å²) in [6.45, 7) is 5.62. The number of aromatic nitrogens is 4. The van der Waals surface area contributed by atoms with E-state index in [-0.39, 0.29) is 0 Å². The van der Waals surface area contributed by atoms with Crippen LogP contribution in [0.4, 0.5) is 5.82 Å². The van der Waals surface area contributed by atoms with Crippen LogP contribution in [-0.4, -0.2) is 83.7 Å². The summed E-state index contributed by atoms with van der Waals surface area (Å²) in [5.41, 5.74) is 2.65. The number of β-amino-alcohol motifs (C(OH)–C–C–N with tert-alkyl or cyclic N) is 1. The highest BCUT2D eigenvalue weighted by molar-refractivity contribution is 8.23. The van der Waals surface area contributed by atoms with Gasteiger partial charge in [0.2, 0.25) is 0 Å². The molecule has 30 heavy (non-hydrogen) atoms. The van der Waals surface area contributed by atoms with Gasteiger partial charge < -0.3 is 15.4 Å². The molecule has 3 aromatic rings. The Morgan fingerprint density at radius 1 is 1.13 bits per heavy atom. The summed E-state index contributed by atoms with van der Waals surface area (Å²) in [5.74, 6) is 1.13. The maximum Gasteiger partial charge on any atom is 0.182 e. The van der Waals surface area contributed by atoms with Gasteiger partial charge in [-0.25, -0.2) is 15.0 Å². The Bertz CT molecular complexity index is 960. The second-order valence-electron chi connectivity index (χ2n) is 7.26. The normalized spacial score (nSPS) is 16.6. The van der Waals surface area contributed by atoms with Crippen molar-refractivity contribution in [3.05, 3.63) is 48.5 Å². The first-order valence-electron chi connectivity index (χ1n) is 9.92. The molecule has 1 fully saturated rings. The molecular formula is C20H25N7OS2. The van der Waals surface area contributed by atoms with E-state index in [9.17, 15) is 5.11 Å². The first-order valence-corrected chi connectivity index (χ1v) is 11.3. The predicted molar refractivity (Wildman–Crippen MR) is 125 cm³/mol. The van der Waals surface area contributed by atoms with Crippen LogP contribution in [0.3, 0.4) is 0 Å². The van der Waals surface area contributed by atoms with Crippen LogP contribution in [0.5, 0.6) is 0 Å². The highest BCUT2D eigenvalue weighted by Gasteiger charge is 2.20. The van der Waals surface area contributed by atoms with Crippen LogP contribution in [0.25, 0.3) is 11.2 Å². The van der Waals surface area contributed by atoms with E-state index in [1.54, 1.807) is 6.33 Å². The van der Waals surface area contributed by atoms with Crippen molar-refractivity contribution in [2.24, 2.45) is 0 Å². The summed E-state index contributed by atoms with van der Waals surface area (Å²) in [6, 6.07) is 10.6. The van der Waals surface area contributed by atoms with Crippen molar-refractivity contribution in [3.63, 3.8) is 0 Å². The van der Waals surface area contributed by atoms with E-state index in [1.807, 2.05) is 6.07 Å². The van der Waals surface area contributed by atoms with Gasteiger partial charge in [0.15, 0.2) is 11.5 Å². The fraction of sp³-hybridized carbons (Fsp3) is 0.400. The molecule has 1 aliphatic rings. The van der Waals surface area contributed by atoms with E-state index in [2.05, 4.69) is 59.3 Å². The molecule has 0 aliphatic carbocycles. The zero-order valence-electron chi connectivity index (χ0n) is 16.6. The predicted octanol–water partition coefficient (Wildman–Crippen LogP) is 1.96. The van der Waals surface area contributed by atoms with Crippen molar-refractivity contribution in [3.8, 4) is 0 Å². The van der Waals surface area contributed by atoms with Crippen LogP contribution in [-0.2, 0) is 6.54 Å². The number of aliphatic hydroxyl groups excluding tert-OH is 1. The van der Waals surface area contributed by atoms with Gasteiger partial charge in [-0.3, -0.25) is 9.80 Å². The van der Waals surface area contributed by atoms with Crippen LogP contribution in [0.15, 0.2) is 43.0 Å².